The molecule has 0 fully saturated rings. The van der Waals surface area contributed by atoms with Crippen LogP contribution in [0.2, 0.25) is 5.02 Å². The number of carboxylic acid groups (broad SMARTS) is 1. The number of halogens is 1. The highest BCUT2D eigenvalue weighted by atomic mass is 35.5. The number of para-hydroxylation sites is 1. The molecule has 0 bridgehead atoms. The number of aliphatic carboxylic acids is 1. The molecule has 0 unspecified atom stereocenters. The standard InChI is InChI=1S/C13H15ClN2O5/c1-8(2)6-15(7-11(17)18)13(19)9-4-3-5-10(14)12(9)16(20)21/h3-5,8H,6-7H2,1-2H3,(H,17,18). The Labute approximate surface area is 126 Å². The van der Waals surface area contributed by atoms with Gasteiger partial charge in [-0.15, -0.1) is 0 Å². The molecule has 114 valence electrons. The van der Waals surface area contributed by atoms with E-state index < -0.39 is 29.0 Å². The number of nitro benzene ring substituents is 1. The smallest absolute Gasteiger partial charge is 0.323 e. The van der Waals surface area contributed by atoms with Crippen molar-refractivity contribution in [3.05, 3.63) is 38.9 Å². The van der Waals surface area contributed by atoms with Crippen molar-refractivity contribution in [2.24, 2.45) is 5.92 Å². The zero-order valence-electron chi connectivity index (χ0n) is 11.6. The second kappa shape index (κ2) is 7.03. The van der Waals surface area contributed by atoms with Crippen LogP contribution < -0.4 is 0 Å². The summed E-state index contributed by atoms with van der Waals surface area (Å²) >= 11 is 5.76. The Morgan fingerprint density at radius 1 is 1.43 bits per heavy atom. The normalized spacial score (nSPS) is 10.5. The summed E-state index contributed by atoms with van der Waals surface area (Å²) in [4.78, 5) is 34.6. The van der Waals surface area contributed by atoms with Crippen molar-refractivity contribution in [1.29, 1.82) is 0 Å². The molecule has 1 rings (SSSR count). The highest BCUT2D eigenvalue weighted by Crippen LogP contribution is 2.29. The molecule has 0 radical (unpaired) electrons. The monoisotopic (exact) mass is 314 g/mol. The van der Waals surface area contributed by atoms with Gasteiger partial charge in [-0.05, 0) is 18.1 Å². The molecule has 0 spiro atoms. The molecular formula is C13H15ClN2O5. The van der Waals surface area contributed by atoms with Crippen molar-refractivity contribution in [1.82, 2.24) is 4.90 Å². The number of carbonyl (C=O) groups excluding carboxylic acids is 1. The molecule has 0 aromatic heterocycles. The van der Waals surface area contributed by atoms with Gasteiger partial charge in [0.15, 0.2) is 0 Å². The lowest BCUT2D eigenvalue weighted by Gasteiger charge is -2.22. The van der Waals surface area contributed by atoms with E-state index in [2.05, 4.69) is 0 Å². The predicted octanol–water partition coefficient (Wildman–Crippen LogP) is 2.43. The van der Waals surface area contributed by atoms with Crippen molar-refractivity contribution in [3.63, 3.8) is 0 Å². The van der Waals surface area contributed by atoms with Gasteiger partial charge >= 0.3 is 11.7 Å². The average molecular weight is 315 g/mol. The Hall–Kier alpha value is -2.15. The number of benzene rings is 1. The van der Waals surface area contributed by atoms with Crippen molar-refractivity contribution in [2.75, 3.05) is 13.1 Å². The summed E-state index contributed by atoms with van der Waals surface area (Å²) in [7, 11) is 0. The molecule has 1 aromatic rings. The summed E-state index contributed by atoms with van der Waals surface area (Å²) in [6.07, 6.45) is 0. The molecular weight excluding hydrogens is 300 g/mol. The van der Waals surface area contributed by atoms with E-state index >= 15 is 0 Å². The number of carboxylic acids is 1. The van der Waals surface area contributed by atoms with Gasteiger partial charge in [0.25, 0.3) is 5.91 Å². The molecule has 1 aromatic carbocycles. The molecule has 1 N–H and O–H groups in total. The Morgan fingerprint density at radius 3 is 2.52 bits per heavy atom. The zero-order chi connectivity index (χ0) is 16.2. The van der Waals surface area contributed by atoms with Gasteiger partial charge in [-0.1, -0.05) is 31.5 Å². The summed E-state index contributed by atoms with van der Waals surface area (Å²) in [6.45, 7) is 3.28. The minimum Gasteiger partial charge on any atom is -0.480 e. The lowest BCUT2D eigenvalue weighted by Crippen LogP contribution is -2.38. The van der Waals surface area contributed by atoms with Gasteiger partial charge in [0.05, 0.1) is 4.92 Å². The van der Waals surface area contributed by atoms with E-state index in [1.54, 1.807) is 0 Å². The first-order valence-electron chi connectivity index (χ1n) is 6.18. The third-order valence-corrected chi connectivity index (χ3v) is 2.90. The molecule has 8 heteroatoms. The van der Waals surface area contributed by atoms with Gasteiger partial charge in [-0.25, -0.2) is 0 Å². The molecule has 0 aliphatic heterocycles. The summed E-state index contributed by atoms with van der Waals surface area (Å²) in [6, 6.07) is 3.98. The number of carbonyl (C=O) groups is 2. The Balaban J connectivity index is 3.23. The topological polar surface area (TPSA) is 101 Å². The minimum absolute atomic E-state index is 0.0199. The molecule has 21 heavy (non-hydrogen) atoms. The van der Waals surface area contributed by atoms with Crippen molar-refractivity contribution < 1.29 is 19.6 Å². The largest absolute Gasteiger partial charge is 0.480 e. The van der Waals surface area contributed by atoms with Crippen LogP contribution in [0, 0.1) is 16.0 Å². The van der Waals surface area contributed by atoms with Crippen LogP contribution in [0.1, 0.15) is 24.2 Å². The van der Waals surface area contributed by atoms with Crippen molar-refractivity contribution in [2.45, 2.75) is 13.8 Å². The lowest BCUT2D eigenvalue weighted by molar-refractivity contribution is -0.385. The zero-order valence-corrected chi connectivity index (χ0v) is 12.3. The summed E-state index contributed by atoms with van der Waals surface area (Å²) in [5, 5.41) is 19.8. The molecule has 0 saturated heterocycles. The van der Waals surface area contributed by atoms with E-state index in [4.69, 9.17) is 16.7 Å². The van der Waals surface area contributed by atoms with E-state index in [0.717, 1.165) is 4.90 Å². The van der Waals surface area contributed by atoms with Gasteiger partial charge in [-0.3, -0.25) is 19.7 Å². The van der Waals surface area contributed by atoms with Gasteiger partial charge in [-0.2, -0.15) is 0 Å². The SMILES string of the molecule is CC(C)CN(CC(=O)O)C(=O)c1cccc(Cl)c1[N+](=O)[O-]. The number of amides is 1. The summed E-state index contributed by atoms with van der Waals surface area (Å²) in [5.74, 6) is -1.89. The van der Waals surface area contributed by atoms with Crippen molar-refractivity contribution in [3.8, 4) is 0 Å². The molecule has 7 nitrogen and oxygen atoms in total. The number of hydrogen-bond donors (Lipinski definition) is 1. The van der Waals surface area contributed by atoms with Crippen LogP contribution in [0.5, 0.6) is 0 Å². The van der Waals surface area contributed by atoms with Gasteiger partial charge in [0.2, 0.25) is 0 Å². The average Bonchev–Trinajstić information content (AvgIpc) is 2.35. The van der Waals surface area contributed by atoms with Crippen LogP contribution in [0.15, 0.2) is 18.2 Å². The fraction of sp³-hybridized carbons (Fsp3) is 0.385. The summed E-state index contributed by atoms with van der Waals surface area (Å²) in [5.41, 5.74) is -0.724. The molecule has 0 aliphatic carbocycles. The Bertz CT molecular complexity index is 574. The van der Waals surface area contributed by atoms with Gasteiger partial charge in [0.1, 0.15) is 17.1 Å². The highest BCUT2D eigenvalue weighted by Gasteiger charge is 2.28. The van der Waals surface area contributed by atoms with Crippen LogP contribution >= 0.6 is 11.6 Å². The Kier molecular flexibility index (Phi) is 5.66. The van der Waals surface area contributed by atoms with Crippen LogP contribution in [-0.4, -0.2) is 39.9 Å². The van der Waals surface area contributed by atoms with E-state index in [-0.39, 0.29) is 23.0 Å². The molecule has 0 atom stereocenters. The van der Waals surface area contributed by atoms with E-state index in [9.17, 15) is 19.7 Å². The second-order valence-electron chi connectivity index (χ2n) is 4.87. The summed E-state index contributed by atoms with van der Waals surface area (Å²) < 4.78 is 0. The fourth-order valence-electron chi connectivity index (χ4n) is 1.87. The van der Waals surface area contributed by atoms with Gasteiger partial charge in [0, 0.05) is 6.54 Å². The first-order chi connectivity index (χ1) is 9.73. The predicted molar refractivity (Wildman–Crippen MR) is 76.5 cm³/mol. The maximum Gasteiger partial charge on any atom is 0.323 e. The van der Waals surface area contributed by atoms with E-state index in [1.807, 2.05) is 13.8 Å². The first kappa shape index (κ1) is 16.9. The number of nitro groups is 1. The third kappa shape index (κ3) is 4.42. The van der Waals surface area contributed by atoms with Crippen LogP contribution in [0.3, 0.4) is 0 Å². The van der Waals surface area contributed by atoms with Crippen LogP contribution in [-0.2, 0) is 4.79 Å². The van der Waals surface area contributed by atoms with E-state index in [0.29, 0.717) is 0 Å². The molecule has 0 saturated carbocycles. The number of rotatable bonds is 6. The quantitative estimate of drug-likeness (QED) is 0.642. The maximum absolute atomic E-state index is 12.4. The van der Waals surface area contributed by atoms with Gasteiger partial charge < -0.3 is 10.0 Å². The molecule has 0 heterocycles. The lowest BCUT2D eigenvalue weighted by atomic mass is 10.1. The van der Waals surface area contributed by atoms with Crippen LogP contribution in [0.25, 0.3) is 0 Å². The number of hydrogen-bond acceptors (Lipinski definition) is 4. The minimum atomic E-state index is -1.19. The fourth-order valence-corrected chi connectivity index (χ4v) is 2.11. The van der Waals surface area contributed by atoms with Crippen LogP contribution in [0.4, 0.5) is 5.69 Å². The second-order valence-corrected chi connectivity index (χ2v) is 5.27. The molecule has 1 amide bonds. The number of nitrogens with zero attached hydrogens (tertiary/aromatic N) is 2. The van der Waals surface area contributed by atoms with E-state index in [1.165, 1.54) is 18.2 Å². The van der Waals surface area contributed by atoms with Crippen molar-refractivity contribution >= 4 is 29.2 Å². The molecule has 0 aliphatic rings. The highest BCUT2D eigenvalue weighted by molar-refractivity contribution is 6.33. The Morgan fingerprint density at radius 2 is 2.05 bits per heavy atom. The first-order valence-corrected chi connectivity index (χ1v) is 6.55. The third-order valence-electron chi connectivity index (χ3n) is 2.60. The maximum atomic E-state index is 12.4.